The molecule has 0 unspecified atom stereocenters. The summed E-state index contributed by atoms with van der Waals surface area (Å²) in [5, 5.41) is 2.49. The van der Waals surface area contributed by atoms with Crippen LogP contribution in [-0.4, -0.2) is 9.97 Å². The van der Waals surface area contributed by atoms with E-state index in [2.05, 4.69) is 9.97 Å². The summed E-state index contributed by atoms with van der Waals surface area (Å²) in [5.41, 5.74) is 5.56. The van der Waals surface area contributed by atoms with Gasteiger partial charge in [0, 0.05) is 6.07 Å². The SMILES string of the molecule is Nc1nc(Oc2ccc(F)c(F)c2)c2ccsc2n1. The van der Waals surface area contributed by atoms with E-state index in [9.17, 15) is 8.78 Å². The molecule has 96 valence electrons. The highest BCUT2D eigenvalue weighted by molar-refractivity contribution is 7.16. The second-order valence-electron chi connectivity index (χ2n) is 3.70. The number of rotatable bonds is 2. The molecule has 4 nitrogen and oxygen atoms in total. The number of halogens is 2. The molecule has 0 spiro atoms. The Labute approximate surface area is 110 Å². The summed E-state index contributed by atoms with van der Waals surface area (Å²) in [4.78, 5) is 8.67. The van der Waals surface area contributed by atoms with Crippen LogP contribution in [-0.2, 0) is 0 Å². The fourth-order valence-corrected chi connectivity index (χ4v) is 2.34. The first kappa shape index (κ1) is 11.8. The highest BCUT2D eigenvalue weighted by Gasteiger charge is 2.11. The molecule has 0 aliphatic carbocycles. The van der Waals surface area contributed by atoms with Crippen LogP contribution in [0.15, 0.2) is 29.6 Å². The topological polar surface area (TPSA) is 61.0 Å². The van der Waals surface area contributed by atoms with Crippen LogP contribution >= 0.6 is 11.3 Å². The van der Waals surface area contributed by atoms with Gasteiger partial charge in [0.2, 0.25) is 11.8 Å². The number of aromatic nitrogens is 2. The maximum Gasteiger partial charge on any atom is 0.232 e. The summed E-state index contributed by atoms with van der Waals surface area (Å²) in [6.45, 7) is 0. The van der Waals surface area contributed by atoms with Gasteiger partial charge in [0.1, 0.15) is 10.6 Å². The van der Waals surface area contributed by atoms with Gasteiger partial charge in [-0.3, -0.25) is 0 Å². The van der Waals surface area contributed by atoms with Gasteiger partial charge < -0.3 is 10.5 Å². The van der Waals surface area contributed by atoms with Crippen molar-refractivity contribution in [3.63, 3.8) is 0 Å². The van der Waals surface area contributed by atoms with Crippen molar-refractivity contribution in [3.8, 4) is 11.6 Å². The second-order valence-corrected chi connectivity index (χ2v) is 4.60. The molecule has 3 rings (SSSR count). The molecule has 2 N–H and O–H groups in total. The summed E-state index contributed by atoms with van der Waals surface area (Å²) in [5.74, 6) is -1.50. The highest BCUT2D eigenvalue weighted by atomic mass is 32.1. The number of nitrogen functional groups attached to an aromatic ring is 1. The Morgan fingerprint density at radius 2 is 1.95 bits per heavy atom. The molecular formula is C12H7F2N3OS. The fraction of sp³-hybridized carbons (Fsp3) is 0. The van der Waals surface area contributed by atoms with Gasteiger partial charge >= 0.3 is 0 Å². The number of hydrogen-bond donors (Lipinski definition) is 1. The Kier molecular flexibility index (Phi) is 2.75. The first-order chi connectivity index (χ1) is 9.13. The zero-order valence-corrected chi connectivity index (χ0v) is 10.2. The molecule has 3 aromatic rings. The van der Waals surface area contributed by atoms with Crippen LogP contribution in [0.3, 0.4) is 0 Å². The Balaban J connectivity index is 2.04. The van der Waals surface area contributed by atoms with Crippen molar-refractivity contribution < 1.29 is 13.5 Å². The van der Waals surface area contributed by atoms with Gasteiger partial charge in [-0.25, -0.2) is 13.8 Å². The fourth-order valence-electron chi connectivity index (χ4n) is 1.57. The maximum atomic E-state index is 13.1. The number of fused-ring (bicyclic) bond motifs is 1. The molecule has 0 atom stereocenters. The summed E-state index contributed by atoms with van der Waals surface area (Å²) in [7, 11) is 0. The molecule has 7 heteroatoms. The van der Waals surface area contributed by atoms with Crippen molar-refractivity contribution >= 4 is 27.5 Å². The third-order valence-electron chi connectivity index (χ3n) is 2.41. The first-order valence-electron chi connectivity index (χ1n) is 5.27. The van der Waals surface area contributed by atoms with Gasteiger partial charge in [0.15, 0.2) is 11.6 Å². The van der Waals surface area contributed by atoms with Crippen LogP contribution < -0.4 is 10.5 Å². The molecule has 0 saturated heterocycles. The standard InChI is InChI=1S/C12H7F2N3OS/c13-8-2-1-6(5-9(8)14)18-10-7-3-4-19-11(7)17-12(15)16-10/h1-5H,(H2,15,16,17). The van der Waals surface area contributed by atoms with Gasteiger partial charge in [-0.15, -0.1) is 11.3 Å². The van der Waals surface area contributed by atoms with Gasteiger partial charge in [-0.1, -0.05) is 0 Å². The van der Waals surface area contributed by atoms with E-state index in [1.807, 2.05) is 5.38 Å². The van der Waals surface area contributed by atoms with E-state index in [4.69, 9.17) is 10.5 Å². The van der Waals surface area contributed by atoms with E-state index in [1.54, 1.807) is 6.07 Å². The minimum absolute atomic E-state index is 0.0625. The zero-order valence-electron chi connectivity index (χ0n) is 9.43. The molecule has 0 aliphatic heterocycles. The predicted octanol–water partition coefficient (Wildman–Crippen LogP) is 3.34. The minimum atomic E-state index is -0.985. The number of ether oxygens (including phenoxy) is 1. The molecule has 2 aromatic heterocycles. The van der Waals surface area contributed by atoms with E-state index < -0.39 is 11.6 Å². The summed E-state index contributed by atoms with van der Waals surface area (Å²) >= 11 is 1.39. The van der Waals surface area contributed by atoms with Crippen molar-refractivity contribution in [1.29, 1.82) is 0 Å². The second kappa shape index (κ2) is 4.43. The average Bonchev–Trinajstić information content (AvgIpc) is 2.82. The monoisotopic (exact) mass is 279 g/mol. The number of thiophene rings is 1. The zero-order chi connectivity index (χ0) is 13.4. The van der Waals surface area contributed by atoms with E-state index in [-0.39, 0.29) is 17.6 Å². The third kappa shape index (κ3) is 2.19. The molecular weight excluding hydrogens is 272 g/mol. The lowest BCUT2D eigenvalue weighted by molar-refractivity contribution is 0.452. The Hall–Kier alpha value is -2.28. The van der Waals surface area contributed by atoms with Gasteiger partial charge in [0.25, 0.3) is 0 Å². The lowest BCUT2D eigenvalue weighted by Crippen LogP contribution is -1.97. The quantitative estimate of drug-likeness (QED) is 0.781. The van der Waals surface area contributed by atoms with Crippen molar-refractivity contribution in [2.75, 3.05) is 5.73 Å². The molecule has 0 amide bonds. The van der Waals surface area contributed by atoms with Gasteiger partial charge in [0.05, 0.1) is 5.39 Å². The molecule has 2 heterocycles. The smallest absolute Gasteiger partial charge is 0.232 e. The number of nitrogens with two attached hydrogens (primary N) is 1. The lowest BCUT2D eigenvalue weighted by Gasteiger charge is -2.06. The number of nitrogens with zero attached hydrogens (tertiary/aromatic N) is 2. The largest absolute Gasteiger partial charge is 0.438 e. The van der Waals surface area contributed by atoms with Crippen LogP contribution in [0.2, 0.25) is 0 Å². The molecule has 0 aliphatic rings. The summed E-state index contributed by atoms with van der Waals surface area (Å²) < 4.78 is 31.4. The minimum Gasteiger partial charge on any atom is -0.438 e. The van der Waals surface area contributed by atoms with Gasteiger partial charge in [-0.2, -0.15) is 4.98 Å². The molecule has 19 heavy (non-hydrogen) atoms. The van der Waals surface area contributed by atoms with Gasteiger partial charge in [-0.05, 0) is 23.6 Å². The third-order valence-corrected chi connectivity index (χ3v) is 3.22. The molecule has 0 fully saturated rings. The van der Waals surface area contributed by atoms with Crippen molar-refractivity contribution in [1.82, 2.24) is 9.97 Å². The van der Waals surface area contributed by atoms with E-state index in [0.717, 1.165) is 12.1 Å². The van der Waals surface area contributed by atoms with E-state index in [0.29, 0.717) is 10.2 Å². The van der Waals surface area contributed by atoms with Crippen molar-refractivity contribution in [2.24, 2.45) is 0 Å². The van der Waals surface area contributed by atoms with Crippen LogP contribution in [0.25, 0.3) is 10.2 Å². The average molecular weight is 279 g/mol. The Morgan fingerprint density at radius 3 is 2.74 bits per heavy atom. The number of hydrogen-bond acceptors (Lipinski definition) is 5. The Bertz CT molecular complexity index is 760. The maximum absolute atomic E-state index is 13.1. The highest BCUT2D eigenvalue weighted by Crippen LogP contribution is 2.31. The normalized spacial score (nSPS) is 10.8. The first-order valence-corrected chi connectivity index (χ1v) is 6.15. The number of anilines is 1. The summed E-state index contributed by atoms with van der Waals surface area (Å²) in [6.07, 6.45) is 0. The molecule has 0 saturated carbocycles. The van der Waals surface area contributed by atoms with E-state index in [1.165, 1.54) is 17.4 Å². The lowest BCUT2D eigenvalue weighted by atomic mass is 10.3. The van der Waals surface area contributed by atoms with Crippen molar-refractivity contribution in [2.45, 2.75) is 0 Å². The van der Waals surface area contributed by atoms with Crippen LogP contribution in [0.1, 0.15) is 0 Å². The molecule has 1 aromatic carbocycles. The van der Waals surface area contributed by atoms with E-state index >= 15 is 0 Å². The van der Waals surface area contributed by atoms with Crippen molar-refractivity contribution in [3.05, 3.63) is 41.3 Å². The van der Waals surface area contributed by atoms with Crippen LogP contribution in [0.4, 0.5) is 14.7 Å². The molecule has 0 radical (unpaired) electrons. The predicted molar refractivity (Wildman–Crippen MR) is 68.3 cm³/mol. The Morgan fingerprint density at radius 1 is 1.11 bits per heavy atom. The molecule has 0 bridgehead atoms. The van der Waals surface area contributed by atoms with Crippen LogP contribution in [0, 0.1) is 11.6 Å². The number of benzene rings is 1. The summed E-state index contributed by atoms with van der Waals surface area (Å²) in [6, 6.07) is 5.02. The van der Waals surface area contributed by atoms with Crippen LogP contribution in [0.5, 0.6) is 11.6 Å².